The summed E-state index contributed by atoms with van der Waals surface area (Å²) < 4.78 is 0. The van der Waals surface area contributed by atoms with Crippen LogP contribution in [0.1, 0.15) is 119 Å². The highest BCUT2D eigenvalue weighted by Gasteiger charge is 2.77. The molecule has 0 amide bonds. The van der Waals surface area contributed by atoms with Crippen LogP contribution >= 0.6 is 0 Å². The molecular weight excluding hydrogens is 999 g/mol. The second-order valence-corrected chi connectivity index (χ2v) is 26.4. The molecule has 1 nitrogen and oxygen atoms in total. The van der Waals surface area contributed by atoms with E-state index in [0.717, 1.165) is 31.4 Å². The van der Waals surface area contributed by atoms with Crippen molar-refractivity contribution in [2.24, 2.45) is 5.92 Å². The van der Waals surface area contributed by atoms with Crippen LogP contribution in [0.5, 0.6) is 0 Å². The van der Waals surface area contributed by atoms with Crippen molar-refractivity contribution in [1.29, 1.82) is 0 Å². The SMILES string of the molecule is CC12CC34CC(CCC56CC(CCC1(c1ccccc1-c1ccccc12)C53)c1ccccc1-c1ccccc16)c1ccccc1-c1cc(N(c2ccccc2)c2cccc3c2-c2ccccc2C32c3ccccc3-c3ccccc32)ccc14. The predicted molar refractivity (Wildman–Crippen MR) is 340 cm³/mol. The first kappa shape index (κ1) is 46.8. The summed E-state index contributed by atoms with van der Waals surface area (Å²) in [5.74, 6) is 1.14. The molecule has 7 unspecified atom stereocenters. The lowest BCUT2D eigenvalue weighted by Crippen LogP contribution is -2.56. The van der Waals surface area contributed by atoms with E-state index in [-0.39, 0.29) is 21.7 Å². The summed E-state index contributed by atoms with van der Waals surface area (Å²) in [4.78, 5) is 2.63. The maximum Gasteiger partial charge on any atom is 0.0726 e. The van der Waals surface area contributed by atoms with Gasteiger partial charge in [0.1, 0.15) is 0 Å². The summed E-state index contributed by atoms with van der Waals surface area (Å²) in [6.45, 7) is 2.78. The molecular formula is C82H63N. The van der Waals surface area contributed by atoms with Crippen LogP contribution in [0.3, 0.4) is 0 Å². The first-order chi connectivity index (χ1) is 41.0. The average molecular weight is 1060 g/mol. The summed E-state index contributed by atoms with van der Waals surface area (Å²) in [7, 11) is 0. The maximum atomic E-state index is 2.78. The molecule has 83 heavy (non-hydrogen) atoms. The lowest BCUT2D eigenvalue weighted by atomic mass is 9.45. The van der Waals surface area contributed by atoms with E-state index in [9.17, 15) is 0 Å². The molecule has 0 aliphatic heterocycles. The Hall–Kier alpha value is -8.78. The van der Waals surface area contributed by atoms with Crippen LogP contribution in [0.2, 0.25) is 0 Å². The largest absolute Gasteiger partial charge is 0.310 e. The fraction of sp³-hybridized carbons (Fsp3) is 0.195. The van der Waals surface area contributed by atoms with E-state index >= 15 is 0 Å². The van der Waals surface area contributed by atoms with Crippen molar-refractivity contribution >= 4 is 17.1 Å². The zero-order valence-electron chi connectivity index (χ0n) is 47.0. The van der Waals surface area contributed by atoms with Crippen molar-refractivity contribution in [3.63, 3.8) is 0 Å². The van der Waals surface area contributed by atoms with E-state index in [1.54, 1.807) is 27.8 Å². The van der Waals surface area contributed by atoms with Gasteiger partial charge in [-0.25, -0.2) is 0 Å². The first-order valence-corrected chi connectivity index (χ1v) is 30.9. The molecule has 0 saturated heterocycles. The number of nitrogens with zero attached hydrogens (tertiary/aromatic N) is 1. The van der Waals surface area contributed by atoms with Crippen LogP contribution in [-0.4, -0.2) is 0 Å². The van der Waals surface area contributed by atoms with E-state index in [0.29, 0.717) is 17.8 Å². The van der Waals surface area contributed by atoms with Crippen LogP contribution < -0.4 is 4.90 Å². The van der Waals surface area contributed by atoms with Crippen LogP contribution in [0, 0.1) is 5.92 Å². The van der Waals surface area contributed by atoms with Crippen LogP contribution in [0.25, 0.3) is 55.6 Å². The lowest BCUT2D eigenvalue weighted by molar-refractivity contribution is 0.0915. The zero-order valence-corrected chi connectivity index (χ0v) is 47.0. The molecule has 19 rings (SSSR count). The molecule has 4 spiro atoms. The molecule has 3 saturated carbocycles. The van der Waals surface area contributed by atoms with Gasteiger partial charge >= 0.3 is 0 Å². The van der Waals surface area contributed by atoms with E-state index in [4.69, 9.17) is 0 Å². The molecule has 0 radical (unpaired) electrons. The van der Waals surface area contributed by atoms with Crippen molar-refractivity contribution in [1.82, 2.24) is 0 Å². The minimum atomic E-state index is -0.451. The van der Waals surface area contributed by atoms with Gasteiger partial charge in [0.15, 0.2) is 0 Å². The number of anilines is 3. The molecule has 8 aliphatic carbocycles. The van der Waals surface area contributed by atoms with Crippen molar-refractivity contribution < 1.29 is 0 Å². The minimum Gasteiger partial charge on any atom is -0.310 e. The summed E-state index contributed by atoms with van der Waals surface area (Å²) in [6.07, 6.45) is 8.09. The molecule has 0 N–H and O–H groups in total. The Labute approximate surface area is 488 Å². The van der Waals surface area contributed by atoms with E-state index in [1.165, 1.54) is 114 Å². The normalized spacial score (nSPS) is 25.7. The number of para-hydroxylation sites is 1. The third-order valence-corrected chi connectivity index (χ3v) is 23.4. The molecule has 4 bridgehead atoms. The zero-order chi connectivity index (χ0) is 54.4. The molecule has 11 aromatic carbocycles. The Morgan fingerprint density at radius 2 is 0.795 bits per heavy atom. The standard InChI is InChI=1S/C82H63N/c1-78-51-80-50-52(44-46-79-49-53(56-24-5-7-26-58(56)60-28-10-16-35-68(60)79)45-47-81(78,77(79)80)70-36-17-11-30-62(70)61-29-9-15-34-67(61)78)57-25-6-8-27-59(57)66-48-55(42-43-69(66)80)83(54-22-3-2-4-23-54)75-41-21-40-74-76(75)65-33-14-20-39-73(65)82(74)71-37-18-12-31-63(71)64-32-13-19-38-72(64)82/h2-43,48,52-53,77H,44-47,49-51H2,1H3. The monoisotopic (exact) mass is 1060 g/mol. The van der Waals surface area contributed by atoms with Gasteiger partial charge in [-0.1, -0.05) is 237 Å². The van der Waals surface area contributed by atoms with Gasteiger partial charge in [0.25, 0.3) is 0 Å². The molecule has 0 aromatic heterocycles. The Kier molecular flexibility index (Phi) is 9.29. The van der Waals surface area contributed by atoms with Crippen molar-refractivity contribution in [2.45, 2.75) is 90.8 Å². The Bertz CT molecular complexity index is 4540. The highest BCUT2D eigenvalue weighted by Crippen LogP contribution is 2.81. The second-order valence-electron chi connectivity index (χ2n) is 26.4. The second kappa shape index (κ2) is 16.5. The molecule has 1 heteroatoms. The fourth-order valence-corrected chi connectivity index (χ4v) is 21.1. The molecule has 0 heterocycles. The number of fused-ring (bicyclic) bond motifs is 24. The van der Waals surface area contributed by atoms with E-state index < -0.39 is 5.41 Å². The number of hydrogen-bond acceptors (Lipinski definition) is 1. The van der Waals surface area contributed by atoms with Gasteiger partial charge in [-0.05, 0) is 199 Å². The third kappa shape index (κ3) is 5.61. The Morgan fingerprint density at radius 1 is 0.337 bits per heavy atom. The van der Waals surface area contributed by atoms with Gasteiger partial charge in [-0.3, -0.25) is 0 Å². The van der Waals surface area contributed by atoms with Gasteiger partial charge in [0.2, 0.25) is 0 Å². The van der Waals surface area contributed by atoms with E-state index in [2.05, 4.69) is 273 Å². The summed E-state index contributed by atoms with van der Waals surface area (Å²) in [6, 6.07) is 103. The maximum absolute atomic E-state index is 2.78. The van der Waals surface area contributed by atoms with Crippen LogP contribution in [-0.2, 0) is 27.1 Å². The van der Waals surface area contributed by atoms with Crippen LogP contribution in [0.4, 0.5) is 17.1 Å². The van der Waals surface area contributed by atoms with Crippen molar-refractivity contribution in [3.8, 4) is 55.6 Å². The number of benzene rings is 11. The quantitative estimate of drug-likeness (QED) is 0.170. The molecule has 11 aromatic rings. The van der Waals surface area contributed by atoms with Gasteiger partial charge < -0.3 is 4.90 Å². The smallest absolute Gasteiger partial charge is 0.0726 e. The van der Waals surface area contributed by atoms with Gasteiger partial charge in [-0.2, -0.15) is 0 Å². The van der Waals surface area contributed by atoms with Gasteiger partial charge in [0.05, 0.1) is 11.1 Å². The predicted octanol–water partition coefficient (Wildman–Crippen LogP) is 20.5. The summed E-state index contributed by atoms with van der Waals surface area (Å²) in [5.41, 5.74) is 31.4. The molecule has 396 valence electrons. The van der Waals surface area contributed by atoms with E-state index in [1.807, 2.05) is 0 Å². The Balaban J connectivity index is 0.906. The molecule has 7 atom stereocenters. The lowest BCUT2D eigenvalue weighted by Gasteiger charge is -2.58. The van der Waals surface area contributed by atoms with Crippen molar-refractivity contribution in [2.75, 3.05) is 4.90 Å². The van der Waals surface area contributed by atoms with Crippen molar-refractivity contribution in [3.05, 3.63) is 316 Å². The summed E-state index contributed by atoms with van der Waals surface area (Å²) >= 11 is 0. The number of rotatable bonds is 3. The van der Waals surface area contributed by atoms with Gasteiger partial charge in [-0.15, -0.1) is 0 Å². The molecule has 8 aliphatic rings. The summed E-state index contributed by atoms with van der Waals surface area (Å²) in [5, 5.41) is 0. The average Bonchev–Trinajstić information content (AvgIpc) is 1.55. The third-order valence-electron chi connectivity index (χ3n) is 23.4. The fourth-order valence-electron chi connectivity index (χ4n) is 21.1. The highest BCUT2D eigenvalue weighted by molar-refractivity contribution is 6.01. The first-order valence-electron chi connectivity index (χ1n) is 30.9. The minimum absolute atomic E-state index is 0.119. The number of hydrogen-bond donors (Lipinski definition) is 0. The van der Waals surface area contributed by atoms with Crippen LogP contribution in [0.15, 0.2) is 261 Å². The topological polar surface area (TPSA) is 3.24 Å². The molecule has 3 fully saturated rings. The Morgan fingerprint density at radius 3 is 1.46 bits per heavy atom. The van der Waals surface area contributed by atoms with Gasteiger partial charge in [0, 0.05) is 38.6 Å². The highest BCUT2D eigenvalue weighted by atomic mass is 15.1.